The monoisotopic (exact) mass is 268 g/mol. The first-order chi connectivity index (χ1) is 8.41. The van der Waals surface area contributed by atoms with Gasteiger partial charge in [0, 0.05) is 18.8 Å². The molecule has 2 rings (SSSR count). The van der Waals surface area contributed by atoms with Gasteiger partial charge < -0.3 is 5.73 Å². The van der Waals surface area contributed by atoms with Crippen LogP contribution in [0.25, 0.3) is 0 Å². The number of sulfonamides is 1. The van der Waals surface area contributed by atoms with Crippen molar-refractivity contribution in [2.24, 2.45) is 5.92 Å². The summed E-state index contributed by atoms with van der Waals surface area (Å²) in [6.45, 7) is 5.12. The van der Waals surface area contributed by atoms with E-state index >= 15 is 0 Å². The van der Waals surface area contributed by atoms with Gasteiger partial charge in [0.15, 0.2) is 0 Å². The predicted molar refractivity (Wildman–Crippen MR) is 72.7 cm³/mol. The molecule has 1 fully saturated rings. The third kappa shape index (κ3) is 2.52. The normalized spacial score (nSPS) is 22.0. The summed E-state index contributed by atoms with van der Waals surface area (Å²) in [4.78, 5) is 0.344. The Labute approximate surface area is 109 Å². The van der Waals surface area contributed by atoms with E-state index in [1.54, 1.807) is 29.4 Å². The molecule has 1 aromatic carbocycles. The van der Waals surface area contributed by atoms with E-state index in [0.717, 1.165) is 18.4 Å². The van der Waals surface area contributed by atoms with Gasteiger partial charge in [0.25, 0.3) is 0 Å². The van der Waals surface area contributed by atoms with Crippen LogP contribution in [-0.4, -0.2) is 25.8 Å². The molecule has 0 amide bonds. The van der Waals surface area contributed by atoms with E-state index in [4.69, 9.17) is 5.73 Å². The standard InChI is InChI=1S/C13H20N2O2S/c1-10-4-3-7-15(9-10)18(16,17)13-8-12(14)6-5-11(13)2/h5-6,8,10H,3-4,7,9,14H2,1-2H3. The van der Waals surface area contributed by atoms with E-state index in [-0.39, 0.29) is 0 Å². The van der Waals surface area contributed by atoms with Crippen molar-refractivity contribution in [3.8, 4) is 0 Å². The number of benzene rings is 1. The van der Waals surface area contributed by atoms with Gasteiger partial charge in [-0.3, -0.25) is 0 Å². The first kappa shape index (κ1) is 13.4. The largest absolute Gasteiger partial charge is 0.399 e. The van der Waals surface area contributed by atoms with Gasteiger partial charge in [-0.25, -0.2) is 8.42 Å². The lowest BCUT2D eigenvalue weighted by molar-refractivity contribution is 0.281. The SMILES string of the molecule is Cc1ccc(N)cc1S(=O)(=O)N1CCCC(C)C1. The molecule has 18 heavy (non-hydrogen) atoms. The van der Waals surface area contributed by atoms with Crippen LogP contribution in [0.5, 0.6) is 0 Å². The zero-order chi connectivity index (χ0) is 13.3. The van der Waals surface area contributed by atoms with Crippen LogP contribution in [0.4, 0.5) is 5.69 Å². The highest BCUT2D eigenvalue weighted by atomic mass is 32.2. The van der Waals surface area contributed by atoms with E-state index in [1.165, 1.54) is 0 Å². The van der Waals surface area contributed by atoms with Gasteiger partial charge in [-0.05, 0) is 43.4 Å². The molecule has 1 aromatic rings. The topological polar surface area (TPSA) is 63.4 Å². The maximum Gasteiger partial charge on any atom is 0.243 e. The Morgan fingerprint density at radius 2 is 2.11 bits per heavy atom. The second-order valence-electron chi connectivity index (χ2n) is 5.14. The molecule has 1 unspecified atom stereocenters. The summed E-state index contributed by atoms with van der Waals surface area (Å²) in [6.07, 6.45) is 2.03. The van der Waals surface area contributed by atoms with E-state index in [9.17, 15) is 8.42 Å². The quantitative estimate of drug-likeness (QED) is 0.834. The van der Waals surface area contributed by atoms with Crippen LogP contribution in [0.1, 0.15) is 25.3 Å². The molecule has 0 spiro atoms. The number of rotatable bonds is 2. The molecular formula is C13H20N2O2S. The fraction of sp³-hybridized carbons (Fsp3) is 0.538. The summed E-state index contributed by atoms with van der Waals surface area (Å²) in [7, 11) is -3.39. The number of nitrogen functional groups attached to an aromatic ring is 1. The third-order valence-electron chi connectivity index (χ3n) is 3.45. The number of nitrogens with two attached hydrogens (primary N) is 1. The van der Waals surface area contributed by atoms with Gasteiger partial charge in [-0.15, -0.1) is 0 Å². The first-order valence-electron chi connectivity index (χ1n) is 6.27. The molecule has 0 aliphatic carbocycles. The van der Waals surface area contributed by atoms with Crippen LogP contribution in [-0.2, 0) is 10.0 Å². The number of hydrogen-bond acceptors (Lipinski definition) is 3. The van der Waals surface area contributed by atoms with E-state index in [2.05, 4.69) is 6.92 Å². The first-order valence-corrected chi connectivity index (χ1v) is 7.71. The van der Waals surface area contributed by atoms with Crippen molar-refractivity contribution in [2.75, 3.05) is 18.8 Å². The molecule has 0 aromatic heterocycles. The molecule has 1 aliphatic heterocycles. The van der Waals surface area contributed by atoms with Gasteiger partial charge in [0.2, 0.25) is 10.0 Å². The fourth-order valence-electron chi connectivity index (χ4n) is 2.40. The molecule has 0 radical (unpaired) electrons. The van der Waals surface area contributed by atoms with Crippen molar-refractivity contribution in [3.63, 3.8) is 0 Å². The molecule has 1 heterocycles. The lowest BCUT2D eigenvalue weighted by Crippen LogP contribution is -2.39. The molecule has 0 bridgehead atoms. The molecule has 1 aliphatic rings. The van der Waals surface area contributed by atoms with Crippen LogP contribution in [0.2, 0.25) is 0 Å². The molecule has 5 heteroatoms. The maximum atomic E-state index is 12.6. The Morgan fingerprint density at radius 3 is 2.78 bits per heavy atom. The summed E-state index contributed by atoms with van der Waals surface area (Å²) in [5, 5.41) is 0. The number of hydrogen-bond donors (Lipinski definition) is 1. The third-order valence-corrected chi connectivity index (χ3v) is 5.46. The minimum atomic E-state index is -3.39. The zero-order valence-corrected chi connectivity index (χ0v) is 11.7. The van der Waals surface area contributed by atoms with Crippen molar-refractivity contribution < 1.29 is 8.42 Å². The number of piperidine rings is 1. The van der Waals surface area contributed by atoms with Crippen LogP contribution in [0.15, 0.2) is 23.1 Å². The van der Waals surface area contributed by atoms with Gasteiger partial charge in [0.05, 0.1) is 4.90 Å². The average Bonchev–Trinajstić information content (AvgIpc) is 2.32. The Hall–Kier alpha value is -1.07. The lowest BCUT2D eigenvalue weighted by Gasteiger charge is -2.30. The van der Waals surface area contributed by atoms with E-state index < -0.39 is 10.0 Å². The highest BCUT2D eigenvalue weighted by Gasteiger charge is 2.29. The predicted octanol–water partition coefficient (Wildman–Crippen LogP) is 2.00. The minimum absolute atomic E-state index is 0.344. The van der Waals surface area contributed by atoms with Crippen molar-refractivity contribution in [1.29, 1.82) is 0 Å². The van der Waals surface area contributed by atoms with Gasteiger partial charge in [0.1, 0.15) is 0 Å². The minimum Gasteiger partial charge on any atom is -0.399 e. The smallest absolute Gasteiger partial charge is 0.243 e. The second-order valence-corrected chi connectivity index (χ2v) is 7.04. The van der Waals surface area contributed by atoms with Crippen molar-refractivity contribution in [3.05, 3.63) is 23.8 Å². The molecule has 0 saturated carbocycles. The fourth-order valence-corrected chi connectivity index (χ4v) is 4.26. The highest BCUT2D eigenvalue weighted by Crippen LogP contribution is 2.26. The number of anilines is 1. The molecular weight excluding hydrogens is 248 g/mol. The summed E-state index contributed by atoms with van der Waals surface area (Å²) >= 11 is 0. The summed E-state index contributed by atoms with van der Waals surface area (Å²) in [6, 6.07) is 5.05. The lowest BCUT2D eigenvalue weighted by atomic mass is 10.0. The summed E-state index contributed by atoms with van der Waals surface area (Å²) in [5.41, 5.74) is 6.94. The average molecular weight is 268 g/mol. The molecule has 100 valence electrons. The van der Waals surface area contributed by atoms with Gasteiger partial charge in [-0.2, -0.15) is 4.31 Å². The molecule has 4 nitrogen and oxygen atoms in total. The Kier molecular flexibility index (Phi) is 3.64. The van der Waals surface area contributed by atoms with Crippen LogP contribution < -0.4 is 5.73 Å². The summed E-state index contributed by atoms with van der Waals surface area (Å²) in [5.74, 6) is 0.426. The van der Waals surface area contributed by atoms with Crippen molar-refractivity contribution in [1.82, 2.24) is 4.31 Å². The number of nitrogens with zero attached hydrogens (tertiary/aromatic N) is 1. The highest BCUT2D eigenvalue weighted by molar-refractivity contribution is 7.89. The van der Waals surface area contributed by atoms with Crippen LogP contribution >= 0.6 is 0 Å². The summed E-state index contributed by atoms with van der Waals surface area (Å²) < 4.78 is 26.7. The van der Waals surface area contributed by atoms with E-state index in [0.29, 0.717) is 29.6 Å². The second kappa shape index (κ2) is 4.90. The zero-order valence-electron chi connectivity index (χ0n) is 10.9. The number of aryl methyl sites for hydroxylation is 1. The van der Waals surface area contributed by atoms with Gasteiger partial charge in [-0.1, -0.05) is 13.0 Å². The maximum absolute atomic E-state index is 12.6. The Balaban J connectivity index is 2.38. The van der Waals surface area contributed by atoms with Crippen LogP contribution in [0, 0.1) is 12.8 Å². The Bertz CT molecular complexity index is 540. The van der Waals surface area contributed by atoms with Crippen molar-refractivity contribution >= 4 is 15.7 Å². The van der Waals surface area contributed by atoms with Gasteiger partial charge >= 0.3 is 0 Å². The molecule has 1 saturated heterocycles. The molecule has 2 N–H and O–H groups in total. The van der Waals surface area contributed by atoms with E-state index in [1.807, 2.05) is 0 Å². The van der Waals surface area contributed by atoms with Crippen molar-refractivity contribution in [2.45, 2.75) is 31.6 Å². The van der Waals surface area contributed by atoms with Crippen LogP contribution in [0.3, 0.4) is 0 Å². The molecule has 1 atom stereocenters. The Morgan fingerprint density at radius 1 is 1.39 bits per heavy atom.